The average molecular weight is 446 g/mol. The fraction of sp³-hybridized carbons (Fsp3) is 0.150. The molecule has 0 aliphatic carbocycles. The zero-order chi connectivity index (χ0) is 23.4. The maximum Gasteiger partial charge on any atom is 0.257 e. The van der Waals surface area contributed by atoms with Gasteiger partial charge in [-0.05, 0) is 12.1 Å². The van der Waals surface area contributed by atoms with Crippen molar-refractivity contribution >= 4 is 23.4 Å². The number of rotatable bonds is 7. The quantitative estimate of drug-likeness (QED) is 0.342. The highest BCUT2D eigenvalue weighted by Crippen LogP contribution is 2.40. The lowest BCUT2D eigenvalue weighted by Crippen LogP contribution is -2.15. The van der Waals surface area contributed by atoms with E-state index in [0.29, 0.717) is 22.9 Å². The summed E-state index contributed by atoms with van der Waals surface area (Å²) in [5.74, 6) is -3.49. The molecule has 0 fully saturated rings. The van der Waals surface area contributed by atoms with Gasteiger partial charge in [-0.2, -0.15) is 4.98 Å². The fourth-order valence-electron chi connectivity index (χ4n) is 2.71. The second-order valence-corrected chi connectivity index (χ2v) is 6.25. The maximum absolute atomic E-state index is 14.2. The number of anilines is 3. The van der Waals surface area contributed by atoms with Gasteiger partial charge in [0.1, 0.15) is 0 Å². The van der Waals surface area contributed by atoms with Crippen LogP contribution in [0.5, 0.6) is 34.5 Å². The van der Waals surface area contributed by atoms with Crippen molar-refractivity contribution in [3.63, 3.8) is 0 Å². The van der Waals surface area contributed by atoms with E-state index >= 15 is 0 Å². The van der Waals surface area contributed by atoms with Gasteiger partial charge in [-0.3, -0.25) is 4.79 Å². The number of carbonyl (C=O) groups is 1. The van der Waals surface area contributed by atoms with Crippen molar-refractivity contribution in [3.8, 4) is 34.5 Å². The number of hydrogen-bond acceptors (Lipinski definition) is 10. The molecule has 1 amide bonds. The number of nitrogens with one attached hydrogen (secondary N) is 2. The second kappa shape index (κ2) is 9.12. The number of halogens is 1. The van der Waals surface area contributed by atoms with E-state index in [9.17, 15) is 24.5 Å². The molecule has 0 saturated heterocycles. The van der Waals surface area contributed by atoms with E-state index < -0.39 is 34.8 Å². The van der Waals surface area contributed by atoms with Gasteiger partial charge in [0.15, 0.2) is 40.4 Å². The average Bonchev–Trinajstić information content (AvgIpc) is 2.78. The minimum Gasteiger partial charge on any atom is -0.504 e. The number of amides is 1. The number of carbonyl (C=O) groups excluding carboxylic acids is 1. The minimum absolute atomic E-state index is 0.0626. The van der Waals surface area contributed by atoms with Crippen molar-refractivity contribution in [3.05, 3.63) is 41.8 Å². The zero-order valence-electron chi connectivity index (χ0n) is 17.1. The number of phenolic OH excluding ortho intramolecular Hbond substituents is 3. The van der Waals surface area contributed by atoms with Crippen LogP contribution in [0.3, 0.4) is 0 Å². The third kappa shape index (κ3) is 4.48. The molecule has 0 bridgehead atoms. The highest BCUT2D eigenvalue weighted by atomic mass is 19.1. The van der Waals surface area contributed by atoms with Gasteiger partial charge in [0.25, 0.3) is 5.91 Å². The van der Waals surface area contributed by atoms with Crippen molar-refractivity contribution in [2.75, 3.05) is 32.0 Å². The van der Waals surface area contributed by atoms with E-state index in [-0.39, 0.29) is 11.5 Å². The van der Waals surface area contributed by atoms with Gasteiger partial charge in [-0.1, -0.05) is 0 Å². The molecule has 12 heteroatoms. The highest BCUT2D eigenvalue weighted by molar-refractivity contribution is 6.04. The van der Waals surface area contributed by atoms with Crippen LogP contribution >= 0.6 is 0 Å². The number of benzene rings is 2. The minimum atomic E-state index is -0.930. The van der Waals surface area contributed by atoms with E-state index in [1.807, 2.05) is 0 Å². The van der Waals surface area contributed by atoms with Crippen LogP contribution in [0.25, 0.3) is 0 Å². The molecule has 5 N–H and O–H groups in total. The number of hydrogen-bond donors (Lipinski definition) is 5. The van der Waals surface area contributed by atoms with Gasteiger partial charge >= 0.3 is 0 Å². The molecular formula is C20H19FN4O7. The number of nitrogens with zero attached hydrogens (tertiary/aromatic N) is 2. The molecule has 0 radical (unpaired) electrons. The van der Waals surface area contributed by atoms with Gasteiger partial charge in [0.05, 0.1) is 27.5 Å². The number of aromatic nitrogens is 2. The zero-order valence-corrected chi connectivity index (χ0v) is 17.1. The molecule has 0 spiro atoms. The molecule has 0 saturated carbocycles. The summed E-state index contributed by atoms with van der Waals surface area (Å²) >= 11 is 0. The molecule has 32 heavy (non-hydrogen) atoms. The molecule has 1 aromatic heterocycles. The van der Waals surface area contributed by atoms with Crippen LogP contribution in [0.4, 0.5) is 21.8 Å². The van der Waals surface area contributed by atoms with Crippen LogP contribution in [-0.2, 0) is 0 Å². The summed E-state index contributed by atoms with van der Waals surface area (Å²) in [6.45, 7) is 0. The third-order valence-corrected chi connectivity index (χ3v) is 4.23. The maximum atomic E-state index is 14.2. The predicted octanol–water partition coefficient (Wildman–Crippen LogP) is 2.75. The van der Waals surface area contributed by atoms with E-state index in [0.717, 1.165) is 18.3 Å². The van der Waals surface area contributed by atoms with E-state index in [1.165, 1.54) is 21.3 Å². The smallest absolute Gasteiger partial charge is 0.257 e. The molecule has 0 aliphatic rings. The van der Waals surface area contributed by atoms with Gasteiger partial charge in [-0.25, -0.2) is 9.37 Å². The van der Waals surface area contributed by atoms with Crippen LogP contribution < -0.4 is 24.8 Å². The van der Waals surface area contributed by atoms with Gasteiger partial charge in [0.2, 0.25) is 11.7 Å². The third-order valence-electron chi connectivity index (χ3n) is 4.23. The summed E-state index contributed by atoms with van der Waals surface area (Å²) in [6.07, 6.45) is 0.842. The second-order valence-electron chi connectivity index (χ2n) is 6.25. The van der Waals surface area contributed by atoms with Gasteiger partial charge in [0, 0.05) is 23.4 Å². The summed E-state index contributed by atoms with van der Waals surface area (Å²) in [6, 6.07) is 4.96. The summed E-state index contributed by atoms with van der Waals surface area (Å²) in [5, 5.41) is 33.5. The van der Waals surface area contributed by atoms with Gasteiger partial charge in [-0.15, -0.1) is 0 Å². The van der Waals surface area contributed by atoms with E-state index in [4.69, 9.17) is 14.2 Å². The summed E-state index contributed by atoms with van der Waals surface area (Å²) in [4.78, 5) is 20.1. The van der Waals surface area contributed by atoms with Crippen LogP contribution in [0.2, 0.25) is 0 Å². The standard InChI is InChI=1S/C20H19FN4O7/c1-30-14-6-10(7-15(31-2)17(14)32-3)23-20-22-8-11(21)18(25-20)24-19(29)9-4-12(26)16(28)13(27)5-9/h4-8,26-28H,1-3H3,(H2,22,23,24,25,29). The molecule has 3 aromatic rings. The summed E-state index contributed by atoms with van der Waals surface area (Å²) < 4.78 is 30.0. The Morgan fingerprint density at radius 1 is 0.969 bits per heavy atom. The molecule has 2 aromatic carbocycles. The Morgan fingerprint density at radius 3 is 2.09 bits per heavy atom. The lowest BCUT2D eigenvalue weighted by atomic mass is 10.1. The van der Waals surface area contributed by atoms with Crippen LogP contribution in [0, 0.1) is 5.82 Å². The predicted molar refractivity (Wildman–Crippen MR) is 111 cm³/mol. The number of aromatic hydroxyl groups is 3. The first kappa shape index (κ1) is 22.2. The molecule has 0 aliphatic heterocycles. The van der Waals surface area contributed by atoms with Crippen molar-refractivity contribution in [1.82, 2.24) is 9.97 Å². The lowest BCUT2D eigenvalue weighted by Gasteiger charge is -2.15. The molecule has 3 rings (SSSR count). The monoisotopic (exact) mass is 446 g/mol. The van der Waals surface area contributed by atoms with E-state index in [1.54, 1.807) is 12.1 Å². The van der Waals surface area contributed by atoms with E-state index in [2.05, 4.69) is 20.6 Å². The first-order chi connectivity index (χ1) is 15.3. The normalized spacial score (nSPS) is 10.4. The van der Waals surface area contributed by atoms with Crippen molar-refractivity contribution < 1.29 is 38.7 Å². The summed E-state index contributed by atoms with van der Waals surface area (Å²) in [7, 11) is 4.35. The van der Waals surface area contributed by atoms with Crippen LogP contribution in [0.1, 0.15) is 10.4 Å². The largest absolute Gasteiger partial charge is 0.504 e. The van der Waals surface area contributed by atoms with Gasteiger partial charge < -0.3 is 40.2 Å². The van der Waals surface area contributed by atoms with Crippen LogP contribution in [-0.4, -0.2) is 52.5 Å². The highest BCUT2D eigenvalue weighted by Gasteiger charge is 2.18. The molecule has 0 atom stereocenters. The Balaban J connectivity index is 1.87. The van der Waals surface area contributed by atoms with Crippen molar-refractivity contribution in [2.24, 2.45) is 0 Å². The fourth-order valence-corrected chi connectivity index (χ4v) is 2.71. The number of phenols is 3. The Hall–Kier alpha value is -4.48. The molecular weight excluding hydrogens is 427 g/mol. The number of ether oxygens (including phenoxy) is 3. The first-order valence-corrected chi connectivity index (χ1v) is 8.93. The molecule has 168 valence electrons. The topological polar surface area (TPSA) is 155 Å². The molecule has 11 nitrogen and oxygen atoms in total. The lowest BCUT2D eigenvalue weighted by molar-refractivity contribution is 0.102. The first-order valence-electron chi connectivity index (χ1n) is 8.93. The van der Waals surface area contributed by atoms with Crippen molar-refractivity contribution in [2.45, 2.75) is 0 Å². The SMILES string of the molecule is COc1cc(Nc2ncc(F)c(NC(=O)c3cc(O)c(O)c(O)c3)n2)cc(OC)c1OC. The van der Waals surface area contributed by atoms with Crippen LogP contribution in [0.15, 0.2) is 30.5 Å². The number of methoxy groups -OCH3 is 3. The Labute approximate surface area is 181 Å². The Bertz CT molecular complexity index is 1120. The molecule has 1 heterocycles. The molecule has 0 unspecified atom stereocenters. The van der Waals surface area contributed by atoms with Crippen molar-refractivity contribution in [1.29, 1.82) is 0 Å². The Morgan fingerprint density at radius 2 is 1.56 bits per heavy atom. The summed E-state index contributed by atoms with van der Waals surface area (Å²) in [5.41, 5.74) is 0.187. The Kier molecular flexibility index (Phi) is 6.33.